The lowest BCUT2D eigenvalue weighted by molar-refractivity contribution is 0.0977. The average molecular weight is 529 g/mol. The van der Waals surface area contributed by atoms with Crippen LogP contribution in [0.25, 0.3) is 0 Å². The van der Waals surface area contributed by atoms with Gasteiger partial charge in [0, 0.05) is 24.8 Å². The molecule has 3 rings (SSSR count). The molecule has 0 saturated heterocycles. The van der Waals surface area contributed by atoms with Crippen molar-refractivity contribution in [2.24, 2.45) is 0 Å². The van der Waals surface area contributed by atoms with E-state index >= 15 is 0 Å². The highest BCUT2D eigenvalue weighted by atomic mass is 79.9. The van der Waals surface area contributed by atoms with E-state index in [4.69, 9.17) is 26.4 Å². The maximum atomic E-state index is 12.5. The lowest BCUT2D eigenvalue weighted by Gasteiger charge is -2.12. The van der Waals surface area contributed by atoms with Crippen LogP contribution in [0.4, 0.5) is 5.69 Å². The van der Waals surface area contributed by atoms with Gasteiger partial charge < -0.3 is 19.5 Å². The van der Waals surface area contributed by atoms with Crippen molar-refractivity contribution in [3.63, 3.8) is 0 Å². The Labute approximate surface area is 207 Å². The maximum absolute atomic E-state index is 12.5. The van der Waals surface area contributed by atoms with E-state index in [0.29, 0.717) is 35.6 Å². The molecule has 0 spiro atoms. The van der Waals surface area contributed by atoms with Gasteiger partial charge in [-0.2, -0.15) is 0 Å². The van der Waals surface area contributed by atoms with Crippen molar-refractivity contribution in [3.05, 3.63) is 88.4 Å². The van der Waals surface area contributed by atoms with E-state index in [1.807, 2.05) is 42.5 Å². The number of hydrogen-bond donors (Lipinski definition) is 2. The predicted molar refractivity (Wildman–Crippen MR) is 137 cm³/mol. The first-order chi connectivity index (χ1) is 16.0. The van der Waals surface area contributed by atoms with Crippen LogP contribution in [0, 0.1) is 0 Å². The van der Waals surface area contributed by atoms with Crippen molar-refractivity contribution in [1.29, 1.82) is 0 Å². The molecule has 0 saturated carbocycles. The minimum Gasteiger partial charge on any atom is -0.493 e. The van der Waals surface area contributed by atoms with E-state index in [1.54, 1.807) is 25.3 Å². The summed E-state index contributed by atoms with van der Waals surface area (Å²) in [4.78, 5) is 12.5. The molecule has 1 amide bonds. The van der Waals surface area contributed by atoms with E-state index in [1.165, 1.54) is 5.56 Å². The third kappa shape index (κ3) is 8.16. The Kier molecular flexibility index (Phi) is 9.68. The summed E-state index contributed by atoms with van der Waals surface area (Å²) in [5.74, 6) is 1.08. The van der Waals surface area contributed by atoms with Crippen LogP contribution in [0.3, 0.4) is 0 Å². The van der Waals surface area contributed by atoms with E-state index in [9.17, 15) is 4.79 Å². The Hall–Kier alpha value is -2.94. The van der Waals surface area contributed by atoms with Crippen LogP contribution in [0.2, 0.25) is 0 Å². The highest BCUT2D eigenvalue weighted by molar-refractivity contribution is 9.10. The summed E-state index contributed by atoms with van der Waals surface area (Å²) in [6, 6.07) is 22.7. The minimum absolute atomic E-state index is 0.203. The van der Waals surface area contributed by atoms with Crippen LogP contribution in [-0.4, -0.2) is 38.0 Å². The molecule has 0 aromatic heterocycles. The molecule has 0 radical (unpaired) electrons. The molecule has 8 heteroatoms. The highest BCUT2D eigenvalue weighted by Gasteiger charge is 2.11. The lowest BCUT2D eigenvalue weighted by Crippen LogP contribution is -2.34. The number of hydrogen-bond acceptors (Lipinski definition) is 5. The van der Waals surface area contributed by atoms with Crippen molar-refractivity contribution in [2.75, 3.05) is 32.2 Å². The first kappa shape index (κ1) is 24.7. The molecule has 0 aliphatic rings. The number of nitrogens with one attached hydrogen (secondary N) is 2. The molecule has 3 aromatic carbocycles. The van der Waals surface area contributed by atoms with Gasteiger partial charge in [0.25, 0.3) is 5.91 Å². The number of methoxy groups -OCH3 is 1. The third-order valence-electron chi connectivity index (χ3n) is 4.58. The van der Waals surface area contributed by atoms with E-state index < -0.39 is 0 Å². The molecule has 0 atom stereocenters. The van der Waals surface area contributed by atoms with Gasteiger partial charge in [0.1, 0.15) is 18.1 Å². The average Bonchev–Trinajstić information content (AvgIpc) is 2.82. The van der Waals surface area contributed by atoms with Gasteiger partial charge in [0.15, 0.2) is 5.11 Å². The number of thiocarbonyl (C=S) groups is 1. The van der Waals surface area contributed by atoms with E-state index in [-0.39, 0.29) is 11.0 Å². The molecule has 0 unspecified atom stereocenters. The van der Waals surface area contributed by atoms with Crippen molar-refractivity contribution in [1.82, 2.24) is 5.32 Å². The summed E-state index contributed by atoms with van der Waals surface area (Å²) in [5.41, 5.74) is 2.43. The Morgan fingerprint density at radius 1 is 0.939 bits per heavy atom. The molecule has 33 heavy (non-hydrogen) atoms. The molecule has 0 aliphatic heterocycles. The van der Waals surface area contributed by atoms with Gasteiger partial charge >= 0.3 is 0 Å². The van der Waals surface area contributed by atoms with Gasteiger partial charge in [-0.25, -0.2) is 0 Å². The van der Waals surface area contributed by atoms with Gasteiger partial charge in [-0.15, -0.1) is 0 Å². The Morgan fingerprint density at radius 3 is 2.39 bits per heavy atom. The topological polar surface area (TPSA) is 68.8 Å². The third-order valence-corrected chi connectivity index (χ3v) is 5.40. The number of anilines is 1. The molecule has 2 N–H and O–H groups in total. The zero-order chi connectivity index (χ0) is 23.5. The standard InChI is InChI=1S/C25H25BrN2O4S/c1-30-15-16-32-23-12-7-19(17-22(23)26)24(29)28-25(33)27-20-8-10-21(11-9-20)31-14-13-18-5-3-2-4-6-18/h2-12,17H,13-16H2,1H3,(H2,27,28,29,33). The predicted octanol–water partition coefficient (Wildman–Crippen LogP) is 5.22. The van der Waals surface area contributed by atoms with Gasteiger partial charge in [0.2, 0.25) is 0 Å². The lowest BCUT2D eigenvalue weighted by atomic mass is 10.2. The van der Waals surface area contributed by atoms with Crippen molar-refractivity contribution >= 4 is 44.9 Å². The maximum Gasteiger partial charge on any atom is 0.257 e. The smallest absolute Gasteiger partial charge is 0.257 e. The number of carbonyl (C=O) groups is 1. The highest BCUT2D eigenvalue weighted by Crippen LogP contribution is 2.26. The van der Waals surface area contributed by atoms with Crippen LogP contribution < -0.4 is 20.1 Å². The van der Waals surface area contributed by atoms with Gasteiger partial charge in [-0.3, -0.25) is 10.1 Å². The molecular formula is C25H25BrN2O4S. The molecule has 0 aliphatic carbocycles. The second kappa shape index (κ2) is 12.9. The Morgan fingerprint density at radius 2 is 1.70 bits per heavy atom. The molecule has 0 fully saturated rings. The number of amides is 1. The molecule has 6 nitrogen and oxygen atoms in total. The van der Waals surface area contributed by atoms with Gasteiger partial charge in [-0.1, -0.05) is 30.3 Å². The Bertz CT molecular complexity index is 1060. The normalized spacial score (nSPS) is 10.4. The summed E-state index contributed by atoms with van der Waals surface area (Å²) >= 11 is 8.69. The first-order valence-electron chi connectivity index (χ1n) is 10.4. The summed E-state index contributed by atoms with van der Waals surface area (Å²) in [5, 5.41) is 5.89. The summed E-state index contributed by atoms with van der Waals surface area (Å²) in [6.45, 7) is 1.50. The van der Waals surface area contributed by atoms with Crippen molar-refractivity contribution in [2.45, 2.75) is 6.42 Å². The van der Waals surface area contributed by atoms with Crippen LogP contribution in [0.5, 0.6) is 11.5 Å². The fourth-order valence-electron chi connectivity index (χ4n) is 2.90. The molecule has 0 bridgehead atoms. The van der Waals surface area contributed by atoms with E-state index in [2.05, 4.69) is 38.7 Å². The minimum atomic E-state index is -0.322. The Balaban J connectivity index is 1.46. The van der Waals surface area contributed by atoms with Crippen LogP contribution in [0.1, 0.15) is 15.9 Å². The van der Waals surface area contributed by atoms with Gasteiger partial charge in [0.05, 0.1) is 17.7 Å². The summed E-state index contributed by atoms with van der Waals surface area (Å²) in [7, 11) is 1.61. The quantitative estimate of drug-likeness (QED) is 0.277. The second-order valence-electron chi connectivity index (χ2n) is 7.00. The molecule has 0 heterocycles. The number of benzene rings is 3. The van der Waals surface area contributed by atoms with E-state index in [0.717, 1.165) is 17.9 Å². The first-order valence-corrected chi connectivity index (χ1v) is 11.6. The van der Waals surface area contributed by atoms with Crippen LogP contribution in [-0.2, 0) is 11.2 Å². The molecular weight excluding hydrogens is 504 g/mol. The van der Waals surface area contributed by atoms with Crippen LogP contribution >= 0.6 is 28.1 Å². The fourth-order valence-corrected chi connectivity index (χ4v) is 3.60. The molecule has 3 aromatic rings. The number of halogens is 1. The summed E-state index contributed by atoms with van der Waals surface area (Å²) < 4.78 is 17.0. The number of ether oxygens (including phenoxy) is 3. The van der Waals surface area contributed by atoms with Crippen molar-refractivity contribution < 1.29 is 19.0 Å². The summed E-state index contributed by atoms with van der Waals surface area (Å²) in [6.07, 6.45) is 0.841. The van der Waals surface area contributed by atoms with Gasteiger partial charge in [-0.05, 0) is 76.2 Å². The SMILES string of the molecule is COCCOc1ccc(C(=O)NC(=S)Nc2ccc(OCCc3ccccc3)cc2)cc1Br. The monoisotopic (exact) mass is 528 g/mol. The van der Waals surface area contributed by atoms with Crippen LogP contribution in [0.15, 0.2) is 77.3 Å². The number of carbonyl (C=O) groups excluding carboxylic acids is 1. The second-order valence-corrected chi connectivity index (χ2v) is 8.27. The zero-order valence-electron chi connectivity index (χ0n) is 18.2. The van der Waals surface area contributed by atoms with Crippen molar-refractivity contribution in [3.8, 4) is 11.5 Å². The molecule has 172 valence electrons. The fraction of sp³-hybridized carbons (Fsp3) is 0.200. The zero-order valence-corrected chi connectivity index (χ0v) is 20.6. The number of rotatable bonds is 10. The largest absolute Gasteiger partial charge is 0.493 e.